The Hall–Kier alpha value is -3.22. The SMILES string of the molecule is COc1ccccc1N1CCN(C(=O)CCNc2cccc(NC(C)=O)c2)CC1. The number of methoxy groups -OCH3 is 1. The predicted molar refractivity (Wildman–Crippen MR) is 116 cm³/mol. The molecule has 0 radical (unpaired) electrons. The quantitative estimate of drug-likeness (QED) is 0.753. The molecule has 1 fully saturated rings. The van der Waals surface area contributed by atoms with Crippen LogP contribution in [0.1, 0.15) is 13.3 Å². The molecule has 154 valence electrons. The zero-order chi connectivity index (χ0) is 20.6. The lowest BCUT2D eigenvalue weighted by Crippen LogP contribution is -2.49. The Balaban J connectivity index is 1.45. The first kappa shape index (κ1) is 20.5. The number of amides is 2. The summed E-state index contributed by atoms with van der Waals surface area (Å²) in [4.78, 5) is 27.9. The van der Waals surface area contributed by atoms with Gasteiger partial charge in [-0.25, -0.2) is 0 Å². The second-order valence-electron chi connectivity index (χ2n) is 6.98. The number of nitrogens with zero attached hydrogens (tertiary/aromatic N) is 2. The van der Waals surface area contributed by atoms with Crippen LogP contribution in [0.2, 0.25) is 0 Å². The number of rotatable bonds is 7. The van der Waals surface area contributed by atoms with Crippen LogP contribution >= 0.6 is 0 Å². The summed E-state index contributed by atoms with van der Waals surface area (Å²) >= 11 is 0. The van der Waals surface area contributed by atoms with E-state index in [0.29, 0.717) is 26.1 Å². The summed E-state index contributed by atoms with van der Waals surface area (Å²) < 4.78 is 5.44. The third kappa shape index (κ3) is 5.63. The number of benzene rings is 2. The van der Waals surface area contributed by atoms with Crippen molar-refractivity contribution in [3.8, 4) is 5.75 Å². The molecule has 1 heterocycles. The van der Waals surface area contributed by atoms with Gasteiger partial charge in [-0.3, -0.25) is 9.59 Å². The minimum Gasteiger partial charge on any atom is -0.495 e. The number of piperazine rings is 1. The van der Waals surface area contributed by atoms with Gasteiger partial charge in [-0.15, -0.1) is 0 Å². The Bertz CT molecular complexity index is 847. The molecule has 0 saturated carbocycles. The monoisotopic (exact) mass is 396 g/mol. The topological polar surface area (TPSA) is 73.9 Å². The molecule has 2 aromatic carbocycles. The van der Waals surface area contributed by atoms with Crippen molar-refractivity contribution >= 4 is 28.9 Å². The van der Waals surface area contributed by atoms with Crippen LogP contribution < -0.4 is 20.3 Å². The number of carbonyl (C=O) groups excluding carboxylic acids is 2. The number of anilines is 3. The standard InChI is InChI=1S/C22H28N4O3/c1-17(27)24-19-7-5-6-18(16-19)23-11-10-22(28)26-14-12-25(13-15-26)20-8-3-4-9-21(20)29-2/h3-9,16,23H,10-15H2,1-2H3,(H,24,27). The molecule has 1 aliphatic rings. The summed E-state index contributed by atoms with van der Waals surface area (Å²) in [6.07, 6.45) is 0.430. The summed E-state index contributed by atoms with van der Waals surface area (Å²) in [6, 6.07) is 15.4. The summed E-state index contributed by atoms with van der Waals surface area (Å²) in [5, 5.41) is 6.01. The maximum atomic E-state index is 12.6. The minimum absolute atomic E-state index is 0.107. The second-order valence-corrected chi connectivity index (χ2v) is 6.98. The molecule has 29 heavy (non-hydrogen) atoms. The zero-order valence-corrected chi connectivity index (χ0v) is 17.0. The van der Waals surface area contributed by atoms with E-state index in [-0.39, 0.29) is 11.8 Å². The van der Waals surface area contributed by atoms with Gasteiger partial charge in [0.15, 0.2) is 0 Å². The first-order valence-electron chi connectivity index (χ1n) is 9.84. The maximum absolute atomic E-state index is 12.6. The van der Waals surface area contributed by atoms with Gasteiger partial charge in [0.2, 0.25) is 11.8 Å². The van der Waals surface area contributed by atoms with Crippen LogP contribution in [0.3, 0.4) is 0 Å². The highest BCUT2D eigenvalue weighted by atomic mass is 16.5. The Morgan fingerprint density at radius 3 is 2.45 bits per heavy atom. The van der Waals surface area contributed by atoms with E-state index in [9.17, 15) is 9.59 Å². The first-order valence-corrected chi connectivity index (χ1v) is 9.84. The van der Waals surface area contributed by atoms with E-state index in [0.717, 1.165) is 35.9 Å². The van der Waals surface area contributed by atoms with Crippen LogP contribution in [0.5, 0.6) is 5.75 Å². The van der Waals surface area contributed by atoms with Crippen molar-refractivity contribution in [2.24, 2.45) is 0 Å². The van der Waals surface area contributed by atoms with E-state index in [4.69, 9.17) is 4.74 Å². The maximum Gasteiger partial charge on any atom is 0.224 e. The average Bonchev–Trinajstić information content (AvgIpc) is 2.73. The fourth-order valence-corrected chi connectivity index (χ4v) is 3.47. The van der Waals surface area contributed by atoms with E-state index in [1.54, 1.807) is 7.11 Å². The number of para-hydroxylation sites is 2. The Labute approximate surface area is 171 Å². The highest BCUT2D eigenvalue weighted by molar-refractivity contribution is 5.89. The molecule has 0 bridgehead atoms. The van der Waals surface area contributed by atoms with E-state index < -0.39 is 0 Å². The predicted octanol–water partition coefficient (Wildman–Crippen LogP) is 2.80. The van der Waals surface area contributed by atoms with E-state index in [1.807, 2.05) is 47.4 Å². The highest BCUT2D eigenvalue weighted by Gasteiger charge is 2.22. The zero-order valence-electron chi connectivity index (χ0n) is 17.0. The lowest BCUT2D eigenvalue weighted by molar-refractivity contribution is -0.131. The van der Waals surface area contributed by atoms with Crippen molar-refractivity contribution in [2.45, 2.75) is 13.3 Å². The normalized spacial score (nSPS) is 13.7. The summed E-state index contributed by atoms with van der Waals surface area (Å²) in [7, 11) is 1.68. The van der Waals surface area contributed by atoms with Gasteiger partial charge in [-0.2, -0.15) is 0 Å². The van der Waals surface area contributed by atoms with Crippen molar-refractivity contribution in [2.75, 3.05) is 55.4 Å². The van der Waals surface area contributed by atoms with Gasteiger partial charge < -0.3 is 25.2 Å². The molecule has 0 atom stereocenters. The van der Waals surface area contributed by atoms with Gasteiger partial charge in [0.1, 0.15) is 5.75 Å². The van der Waals surface area contributed by atoms with Crippen molar-refractivity contribution in [1.29, 1.82) is 0 Å². The van der Waals surface area contributed by atoms with E-state index in [2.05, 4.69) is 21.6 Å². The third-order valence-electron chi connectivity index (χ3n) is 4.91. The number of hydrogen-bond donors (Lipinski definition) is 2. The van der Waals surface area contributed by atoms with Gasteiger partial charge in [0.05, 0.1) is 12.8 Å². The molecule has 0 aromatic heterocycles. The summed E-state index contributed by atoms with van der Waals surface area (Å²) in [5.74, 6) is 0.901. The van der Waals surface area contributed by atoms with Crippen LogP contribution in [0, 0.1) is 0 Å². The van der Waals surface area contributed by atoms with Gasteiger partial charge in [-0.05, 0) is 30.3 Å². The molecule has 2 aromatic rings. The molecule has 1 aliphatic heterocycles. The van der Waals surface area contributed by atoms with Crippen molar-refractivity contribution in [3.05, 3.63) is 48.5 Å². The summed E-state index contributed by atoms with van der Waals surface area (Å²) in [5.41, 5.74) is 2.69. The molecule has 3 rings (SSSR count). The van der Waals surface area contributed by atoms with Crippen LogP contribution in [0.15, 0.2) is 48.5 Å². The highest BCUT2D eigenvalue weighted by Crippen LogP contribution is 2.28. The molecular formula is C22H28N4O3. The number of nitrogens with one attached hydrogen (secondary N) is 2. The van der Waals surface area contributed by atoms with Crippen molar-refractivity contribution in [3.63, 3.8) is 0 Å². The molecule has 1 saturated heterocycles. The summed E-state index contributed by atoms with van der Waals surface area (Å²) in [6.45, 7) is 5.02. The molecular weight excluding hydrogens is 368 g/mol. The van der Waals surface area contributed by atoms with Gasteiger partial charge in [-0.1, -0.05) is 18.2 Å². The van der Waals surface area contributed by atoms with Crippen molar-refractivity contribution in [1.82, 2.24) is 4.90 Å². The molecule has 2 N–H and O–H groups in total. The Kier molecular flexibility index (Phi) is 6.94. The average molecular weight is 396 g/mol. The molecule has 0 spiro atoms. The van der Waals surface area contributed by atoms with E-state index >= 15 is 0 Å². The fraction of sp³-hybridized carbons (Fsp3) is 0.364. The lowest BCUT2D eigenvalue weighted by atomic mass is 10.2. The second kappa shape index (κ2) is 9.82. The van der Waals surface area contributed by atoms with Crippen LogP contribution in [0.4, 0.5) is 17.1 Å². The Morgan fingerprint density at radius 1 is 1.00 bits per heavy atom. The minimum atomic E-state index is -0.107. The van der Waals surface area contributed by atoms with Crippen LogP contribution in [-0.4, -0.2) is 56.5 Å². The lowest BCUT2D eigenvalue weighted by Gasteiger charge is -2.36. The van der Waals surface area contributed by atoms with Gasteiger partial charge >= 0.3 is 0 Å². The fourth-order valence-electron chi connectivity index (χ4n) is 3.47. The third-order valence-corrected chi connectivity index (χ3v) is 4.91. The van der Waals surface area contributed by atoms with Crippen LogP contribution in [0.25, 0.3) is 0 Å². The largest absolute Gasteiger partial charge is 0.495 e. The number of hydrogen-bond acceptors (Lipinski definition) is 5. The smallest absolute Gasteiger partial charge is 0.224 e. The van der Waals surface area contributed by atoms with Gasteiger partial charge in [0.25, 0.3) is 0 Å². The number of ether oxygens (including phenoxy) is 1. The van der Waals surface area contributed by atoms with Gasteiger partial charge in [0, 0.05) is 57.4 Å². The Morgan fingerprint density at radius 2 is 1.72 bits per heavy atom. The molecule has 0 unspecified atom stereocenters. The van der Waals surface area contributed by atoms with Crippen molar-refractivity contribution < 1.29 is 14.3 Å². The molecule has 2 amide bonds. The van der Waals surface area contributed by atoms with E-state index in [1.165, 1.54) is 6.92 Å². The first-order chi connectivity index (χ1) is 14.1. The molecule has 7 nitrogen and oxygen atoms in total. The van der Waals surface area contributed by atoms with Crippen LogP contribution in [-0.2, 0) is 9.59 Å². The molecule has 0 aliphatic carbocycles. The molecule has 7 heteroatoms. The number of carbonyl (C=O) groups is 2.